The Hall–Kier alpha value is -0.0800. The summed E-state index contributed by atoms with van der Waals surface area (Å²) in [4.78, 5) is 0. The summed E-state index contributed by atoms with van der Waals surface area (Å²) in [6.45, 7) is 1.01. The fourth-order valence-corrected chi connectivity index (χ4v) is 4.59. The molecule has 0 aromatic heterocycles. The van der Waals surface area contributed by atoms with Crippen molar-refractivity contribution in [1.29, 1.82) is 0 Å². The summed E-state index contributed by atoms with van der Waals surface area (Å²) in [6, 6.07) is 0.744. The number of hydrogen-bond acceptors (Lipinski definition) is 2. The van der Waals surface area contributed by atoms with Crippen molar-refractivity contribution in [2.45, 2.75) is 82.3 Å². The van der Waals surface area contributed by atoms with E-state index in [2.05, 4.69) is 12.4 Å². The van der Waals surface area contributed by atoms with Gasteiger partial charge in [-0.25, -0.2) is 0 Å². The average Bonchev–Trinajstić information content (AvgIpc) is 2.39. The van der Waals surface area contributed by atoms with Crippen LogP contribution in [0.4, 0.5) is 0 Å². The van der Waals surface area contributed by atoms with E-state index >= 15 is 0 Å². The maximum Gasteiger partial charge on any atom is 0.0685 e. The summed E-state index contributed by atoms with van der Waals surface area (Å²) in [5.41, 5.74) is 0.274. The predicted molar refractivity (Wildman–Crippen MR) is 79.3 cm³/mol. The van der Waals surface area contributed by atoms with Crippen LogP contribution in [0.15, 0.2) is 0 Å². The molecule has 110 valence electrons. The molecule has 2 atom stereocenters. The van der Waals surface area contributed by atoms with Crippen LogP contribution < -0.4 is 5.32 Å². The van der Waals surface area contributed by atoms with Gasteiger partial charge in [-0.2, -0.15) is 0 Å². The highest BCUT2D eigenvalue weighted by Crippen LogP contribution is 2.43. The molecule has 1 spiro atoms. The van der Waals surface area contributed by atoms with Gasteiger partial charge in [0.05, 0.1) is 5.60 Å². The lowest BCUT2D eigenvalue weighted by Crippen LogP contribution is -2.47. The molecule has 1 N–H and O–H groups in total. The van der Waals surface area contributed by atoms with Crippen molar-refractivity contribution in [3.05, 3.63) is 0 Å². The molecule has 1 aliphatic heterocycles. The fraction of sp³-hybridized carbons (Fsp3) is 1.00. The molecule has 2 heteroatoms. The minimum atomic E-state index is 0.274. The zero-order valence-corrected chi connectivity index (χ0v) is 12.6. The Kier molecular flexibility index (Phi) is 4.48. The number of ether oxygens (including phenoxy) is 1. The van der Waals surface area contributed by atoms with Crippen LogP contribution in [-0.4, -0.2) is 25.3 Å². The van der Waals surface area contributed by atoms with Gasteiger partial charge in [0.15, 0.2) is 0 Å². The highest BCUT2D eigenvalue weighted by molar-refractivity contribution is 4.93. The minimum absolute atomic E-state index is 0.274. The van der Waals surface area contributed by atoms with Crippen molar-refractivity contribution in [3.8, 4) is 0 Å². The Labute approximate surface area is 118 Å². The van der Waals surface area contributed by atoms with Crippen molar-refractivity contribution in [2.24, 2.45) is 11.8 Å². The highest BCUT2D eigenvalue weighted by atomic mass is 16.5. The first-order valence-corrected chi connectivity index (χ1v) is 8.62. The molecule has 2 nitrogen and oxygen atoms in total. The van der Waals surface area contributed by atoms with Crippen LogP contribution in [0.2, 0.25) is 0 Å². The topological polar surface area (TPSA) is 21.3 Å². The third-order valence-electron chi connectivity index (χ3n) is 6.05. The summed E-state index contributed by atoms with van der Waals surface area (Å²) in [5.74, 6) is 1.88. The van der Waals surface area contributed by atoms with Crippen LogP contribution in [0.5, 0.6) is 0 Å². The van der Waals surface area contributed by atoms with Crippen molar-refractivity contribution in [3.63, 3.8) is 0 Å². The van der Waals surface area contributed by atoms with E-state index < -0.39 is 0 Å². The van der Waals surface area contributed by atoms with E-state index in [1.807, 2.05) is 0 Å². The Bertz CT molecular complexity index is 275. The lowest BCUT2D eigenvalue weighted by atomic mass is 9.71. The molecule has 19 heavy (non-hydrogen) atoms. The molecule has 1 saturated heterocycles. The maximum absolute atomic E-state index is 6.25. The summed E-state index contributed by atoms with van der Waals surface area (Å²) >= 11 is 0. The smallest absolute Gasteiger partial charge is 0.0685 e. The molecule has 3 rings (SSSR count). The second kappa shape index (κ2) is 6.13. The summed E-state index contributed by atoms with van der Waals surface area (Å²) in [7, 11) is 2.17. The first kappa shape index (κ1) is 13.9. The molecule has 3 fully saturated rings. The number of hydrogen-bond donors (Lipinski definition) is 1. The Balaban J connectivity index is 1.58. The van der Waals surface area contributed by atoms with E-state index in [1.54, 1.807) is 0 Å². The van der Waals surface area contributed by atoms with Gasteiger partial charge in [0.25, 0.3) is 0 Å². The van der Waals surface area contributed by atoms with Gasteiger partial charge in [0.2, 0.25) is 0 Å². The number of rotatable bonds is 4. The second-order valence-electron chi connectivity index (χ2n) is 7.27. The SMILES string of the molecule is CNC(CC1CCC1)C1CCOC2(CCCCC2)C1. The molecular weight excluding hydrogens is 234 g/mol. The first-order valence-electron chi connectivity index (χ1n) is 8.62. The van der Waals surface area contributed by atoms with Crippen molar-refractivity contribution in [2.75, 3.05) is 13.7 Å². The molecular formula is C17H31NO. The molecule has 0 radical (unpaired) electrons. The molecule has 0 aromatic rings. The van der Waals surface area contributed by atoms with Crippen molar-refractivity contribution >= 4 is 0 Å². The van der Waals surface area contributed by atoms with Crippen LogP contribution >= 0.6 is 0 Å². The predicted octanol–water partition coefficient (Wildman–Crippen LogP) is 3.89. The van der Waals surface area contributed by atoms with Crippen molar-refractivity contribution < 1.29 is 4.74 Å². The quantitative estimate of drug-likeness (QED) is 0.832. The molecule has 0 aromatic carbocycles. The molecule has 0 amide bonds. The molecule has 0 bridgehead atoms. The number of nitrogens with one attached hydrogen (secondary N) is 1. The maximum atomic E-state index is 6.25. The van der Waals surface area contributed by atoms with Crippen LogP contribution in [0.25, 0.3) is 0 Å². The second-order valence-corrected chi connectivity index (χ2v) is 7.27. The molecule has 2 unspecified atom stereocenters. The molecule has 1 heterocycles. The summed E-state index contributed by atoms with van der Waals surface area (Å²) in [6.07, 6.45) is 15.3. The van der Waals surface area contributed by atoms with Gasteiger partial charge in [-0.3, -0.25) is 0 Å². The normalized spacial score (nSPS) is 33.0. The van der Waals surface area contributed by atoms with Gasteiger partial charge in [-0.1, -0.05) is 38.5 Å². The third-order valence-corrected chi connectivity index (χ3v) is 6.05. The molecule has 2 aliphatic carbocycles. The lowest BCUT2D eigenvalue weighted by molar-refractivity contribution is -0.122. The van der Waals surface area contributed by atoms with Crippen LogP contribution in [0, 0.1) is 11.8 Å². The van der Waals surface area contributed by atoms with Gasteiger partial charge >= 0.3 is 0 Å². The average molecular weight is 265 g/mol. The monoisotopic (exact) mass is 265 g/mol. The van der Waals surface area contributed by atoms with Crippen LogP contribution in [0.3, 0.4) is 0 Å². The van der Waals surface area contributed by atoms with Crippen molar-refractivity contribution in [1.82, 2.24) is 5.32 Å². The molecule has 2 saturated carbocycles. The van der Waals surface area contributed by atoms with E-state index in [1.165, 1.54) is 70.6 Å². The van der Waals surface area contributed by atoms with E-state index in [4.69, 9.17) is 4.74 Å². The van der Waals surface area contributed by atoms with Gasteiger partial charge in [-0.15, -0.1) is 0 Å². The van der Waals surface area contributed by atoms with E-state index in [-0.39, 0.29) is 5.60 Å². The van der Waals surface area contributed by atoms with E-state index in [0.29, 0.717) is 0 Å². The zero-order valence-electron chi connectivity index (χ0n) is 12.6. The van der Waals surface area contributed by atoms with Crippen LogP contribution in [0.1, 0.15) is 70.6 Å². The standard InChI is InChI=1S/C17H31NO/c1-18-16(12-14-6-5-7-14)15-8-11-19-17(13-15)9-3-2-4-10-17/h14-16,18H,2-13H2,1H3. The fourth-order valence-electron chi connectivity index (χ4n) is 4.59. The van der Waals surface area contributed by atoms with Gasteiger partial charge in [0, 0.05) is 12.6 Å². The third kappa shape index (κ3) is 3.16. The zero-order chi connectivity index (χ0) is 13.1. The lowest BCUT2D eigenvalue weighted by Gasteiger charge is -2.46. The Morgan fingerprint density at radius 2 is 1.89 bits per heavy atom. The van der Waals surface area contributed by atoms with Gasteiger partial charge in [-0.05, 0) is 51.0 Å². The largest absolute Gasteiger partial charge is 0.375 e. The van der Waals surface area contributed by atoms with Gasteiger partial charge in [0.1, 0.15) is 0 Å². The highest BCUT2D eigenvalue weighted by Gasteiger charge is 2.41. The first-order chi connectivity index (χ1) is 9.31. The molecule has 3 aliphatic rings. The summed E-state index contributed by atoms with van der Waals surface area (Å²) in [5, 5.41) is 3.64. The Morgan fingerprint density at radius 1 is 1.11 bits per heavy atom. The van der Waals surface area contributed by atoms with E-state index in [0.717, 1.165) is 24.5 Å². The Morgan fingerprint density at radius 3 is 2.53 bits per heavy atom. The summed E-state index contributed by atoms with van der Waals surface area (Å²) < 4.78 is 6.25. The van der Waals surface area contributed by atoms with Crippen LogP contribution in [-0.2, 0) is 4.74 Å². The van der Waals surface area contributed by atoms with Gasteiger partial charge < -0.3 is 10.1 Å². The van der Waals surface area contributed by atoms with E-state index in [9.17, 15) is 0 Å². The minimum Gasteiger partial charge on any atom is -0.375 e.